The van der Waals surface area contributed by atoms with E-state index >= 15 is 0 Å². The summed E-state index contributed by atoms with van der Waals surface area (Å²) in [7, 11) is -2.57. The van der Waals surface area contributed by atoms with E-state index in [0.29, 0.717) is 12.8 Å². The fourth-order valence-electron chi connectivity index (χ4n) is 0.947. The molecule has 0 atom stereocenters. The highest BCUT2D eigenvalue weighted by molar-refractivity contribution is 7.46. The molecular formula is C6H12N3O4P. The SMILES string of the molecule is Cn1cc(CCCOP(=O)(O)O)nn1. The van der Waals surface area contributed by atoms with Gasteiger partial charge >= 0.3 is 7.82 Å². The summed E-state index contributed by atoms with van der Waals surface area (Å²) in [6.45, 7) is 0.0147. The maximum Gasteiger partial charge on any atom is 0.469 e. The van der Waals surface area contributed by atoms with E-state index < -0.39 is 7.82 Å². The Morgan fingerprint density at radius 1 is 1.64 bits per heavy atom. The van der Waals surface area contributed by atoms with E-state index in [9.17, 15) is 4.57 Å². The molecule has 0 aliphatic rings. The zero-order chi connectivity index (χ0) is 10.6. The molecule has 0 fully saturated rings. The Balaban J connectivity index is 2.19. The maximum atomic E-state index is 10.3. The van der Waals surface area contributed by atoms with Gasteiger partial charge in [-0.15, -0.1) is 5.10 Å². The van der Waals surface area contributed by atoms with Gasteiger partial charge in [0.15, 0.2) is 0 Å². The Morgan fingerprint density at radius 2 is 2.36 bits per heavy atom. The molecule has 0 aliphatic heterocycles. The molecular weight excluding hydrogens is 209 g/mol. The van der Waals surface area contributed by atoms with Crippen LogP contribution >= 0.6 is 7.82 Å². The second-order valence-corrected chi connectivity index (χ2v) is 4.05. The summed E-state index contributed by atoms with van der Waals surface area (Å²) in [4.78, 5) is 16.8. The Labute approximate surface area is 80.9 Å². The highest BCUT2D eigenvalue weighted by atomic mass is 31.2. The van der Waals surface area contributed by atoms with Crippen molar-refractivity contribution in [3.63, 3.8) is 0 Å². The van der Waals surface area contributed by atoms with Crippen LogP contribution in [0.1, 0.15) is 12.1 Å². The minimum Gasteiger partial charge on any atom is -0.303 e. The molecule has 1 aromatic heterocycles. The molecule has 1 rings (SSSR count). The quantitative estimate of drug-likeness (QED) is 0.530. The number of rotatable bonds is 5. The van der Waals surface area contributed by atoms with Crippen LogP contribution in [0.3, 0.4) is 0 Å². The molecule has 0 aromatic carbocycles. The first-order chi connectivity index (χ1) is 6.47. The van der Waals surface area contributed by atoms with Gasteiger partial charge in [-0.3, -0.25) is 9.21 Å². The van der Waals surface area contributed by atoms with E-state index in [1.165, 1.54) is 0 Å². The van der Waals surface area contributed by atoms with Crippen LogP contribution in [0.5, 0.6) is 0 Å². The summed E-state index contributed by atoms with van der Waals surface area (Å²) in [6.07, 6.45) is 2.84. The van der Waals surface area contributed by atoms with Crippen LogP contribution in [-0.2, 0) is 22.6 Å². The van der Waals surface area contributed by atoms with Crippen molar-refractivity contribution in [3.05, 3.63) is 11.9 Å². The molecule has 7 nitrogen and oxygen atoms in total. The summed E-state index contributed by atoms with van der Waals surface area (Å²) in [5, 5.41) is 7.53. The molecule has 8 heteroatoms. The third-order valence-electron chi connectivity index (χ3n) is 1.49. The summed E-state index contributed by atoms with van der Waals surface area (Å²) in [6, 6.07) is 0. The topological polar surface area (TPSA) is 97.5 Å². The number of phosphoric acid groups is 1. The van der Waals surface area contributed by atoms with Gasteiger partial charge in [0, 0.05) is 13.2 Å². The van der Waals surface area contributed by atoms with Crippen molar-refractivity contribution in [2.24, 2.45) is 7.05 Å². The zero-order valence-corrected chi connectivity index (χ0v) is 8.59. The molecule has 2 N–H and O–H groups in total. The van der Waals surface area contributed by atoms with Crippen LogP contribution in [0.4, 0.5) is 0 Å². The molecule has 0 amide bonds. The van der Waals surface area contributed by atoms with Crippen molar-refractivity contribution in [3.8, 4) is 0 Å². The number of hydrogen-bond acceptors (Lipinski definition) is 4. The van der Waals surface area contributed by atoms with Gasteiger partial charge in [-0.1, -0.05) is 5.21 Å². The largest absolute Gasteiger partial charge is 0.469 e. The number of phosphoric ester groups is 1. The van der Waals surface area contributed by atoms with Gasteiger partial charge in [-0.25, -0.2) is 4.57 Å². The molecule has 0 radical (unpaired) electrons. The van der Waals surface area contributed by atoms with E-state index in [2.05, 4.69) is 14.8 Å². The minimum absolute atomic E-state index is 0.0147. The highest BCUT2D eigenvalue weighted by Crippen LogP contribution is 2.35. The standard InChI is InChI=1S/C6H12N3O4P/c1-9-5-6(7-8-9)3-2-4-13-14(10,11)12/h5H,2-4H2,1H3,(H2,10,11,12). The van der Waals surface area contributed by atoms with Crippen LogP contribution in [0, 0.1) is 0 Å². The normalized spacial score (nSPS) is 11.9. The lowest BCUT2D eigenvalue weighted by atomic mass is 10.3. The summed E-state index contributed by atoms with van der Waals surface area (Å²) < 4.78 is 16.1. The lowest BCUT2D eigenvalue weighted by Crippen LogP contribution is -1.95. The van der Waals surface area contributed by atoms with Gasteiger partial charge in [0.1, 0.15) is 0 Å². The fourth-order valence-corrected chi connectivity index (χ4v) is 1.31. The van der Waals surface area contributed by atoms with Crippen molar-refractivity contribution in [1.29, 1.82) is 0 Å². The molecule has 0 saturated carbocycles. The van der Waals surface area contributed by atoms with E-state index in [-0.39, 0.29) is 6.61 Å². The van der Waals surface area contributed by atoms with Crippen LogP contribution in [0.2, 0.25) is 0 Å². The Hall–Kier alpha value is -0.750. The van der Waals surface area contributed by atoms with Gasteiger partial charge in [-0.05, 0) is 12.8 Å². The predicted molar refractivity (Wildman–Crippen MR) is 47.3 cm³/mol. The molecule has 0 spiro atoms. The first-order valence-corrected chi connectivity index (χ1v) is 5.56. The number of hydrogen-bond donors (Lipinski definition) is 2. The molecule has 0 saturated heterocycles. The first kappa shape index (κ1) is 11.3. The van der Waals surface area contributed by atoms with Gasteiger partial charge in [-0.2, -0.15) is 0 Å². The molecule has 1 aromatic rings. The number of aromatic nitrogens is 3. The van der Waals surface area contributed by atoms with Crippen molar-refractivity contribution < 1.29 is 18.9 Å². The summed E-state index contributed by atoms with van der Waals surface area (Å²) in [5.74, 6) is 0. The lowest BCUT2D eigenvalue weighted by molar-refractivity contribution is 0.195. The average Bonchev–Trinajstić information content (AvgIpc) is 2.44. The molecule has 80 valence electrons. The number of nitrogens with zero attached hydrogens (tertiary/aromatic N) is 3. The maximum absolute atomic E-state index is 10.3. The Kier molecular flexibility index (Phi) is 3.77. The summed E-state index contributed by atoms with van der Waals surface area (Å²) in [5.41, 5.74) is 0.779. The smallest absolute Gasteiger partial charge is 0.303 e. The zero-order valence-electron chi connectivity index (χ0n) is 7.70. The van der Waals surface area contributed by atoms with Crippen LogP contribution in [-0.4, -0.2) is 31.4 Å². The predicted octanol–water partition coefficient (Wildman–Crippen LogP) is -0.143. The summed E-state index contributed by atoms with van der Waals surface area (Å²) >= 11 is 0. The average molecular weight is 221 g/mol. The van der Waals surface area contributed by atoms with E-state index in [1.807, 2.05) is 0 Å². The molecule has 14 heavy (non-hydrogen) atoms. The van der Waals surface area contributed by atoms with Crippen molar-refractivity contribution in [2.45, 2.75) is 12.8 Å². The molecule has 1 heterocycles. The second-order valence-electron chi connectivity index (χ2n) is 2.81. The first-order valence-electron chi connectivity index (χ1n) is 4.03. The van der Waals surface area contributed by atoms with Gasteiger partial charge in [0.2, 0.25) is 0 Å². The van der Waals surface area contributed by atoms with Crippen LogP contribution in [0.25, 0.3) is 0 Å². The Morgan fingerprint density at radius 3 is 2.86 bits per heavy atom. The lowest BCUT2D eigenvalue weighted by Gasteiger charge is -2.03. The Bertz CT molecular complexity index is 334. The van der Waals surface area contributed by atoms with E-state index in [1.54, 1.807) is 17.9 Å². The van der Waals surface area contributed by atoms with Crippen molar-refractivity contribution >= 4 is 7.82 Å². The third-order valence-corrected chi connectivity index (χ3v) is 2.01. The molecule has 0 bridgehead atoms. The third kappa shape index (κ3) is 4.48. The van der Waals surface area contributed by atoms with Gasteiger partial charge < -0.3 is 9.79 Å². The van der Waals surface area contributed by atoms with Crippen LogP contribution < -0.4 is 0 Å². The molecule has 0 aliphatic carbocycles. The van der Waals surface area contributed by atoms with Crippen molar-refractivity contribution in [1.82, 2.24) is 15.0 Å². The van der Waals surface area contributed by atoms with E-state index in [4.69, 9.17) is 9.79 Å². The van der Waals surface area contributed by atoms with E-state index in [0.717, 1.165) is 5.69 Å². The highest BCUT2D eigenvalue weighted by Gasteiger charge is 2.12. The number of aryl methyl sites for hydroxylation is 2. The van der Waals surface area contributed by atoms with Crippen molar-refractivity contribution in [2.75, 3.05) is 6.61 Å². The minimum atomic E-state index is -4.32. The van der Waals surface area contributed by atoms with Gasteiger partial charge in [0.25, 0.3) is 0 Å². The molecule has 0 unspecified atom stereocenters. The second kappa shape index (κ2) is 4.65. The van der Waals surface area contributed by atoms with Gasteiger partial charge in [0.05, 0.1) is 12.3 Å². The monoisotopic (exact) mass is 221 g/mol. The fraction of sp³-hybridized carbons (Fsp3) is 0.667. The van der Waals surface area contributed by atoms with Crippen LogP contribution in [0.15, 0.2) is 6.20 Å².